The van der Waals surface area contributed by atoms with Crippen molar-refractivity contribution in [2.24, 2.45) is 0 Å². The first-order valence-electron chi connectivity index (χ1n) is 6.63. The Hall–Kier alpha value is -1.42. The van der Waals surface area contributed by atoms with Crippen molar-refractivity contribution in [1.82, 2.24) is 4.72 Å². The van der Waals surface area contributed by atoms with E-state index in [-0.39, 0.29) is 17.0 Å². The number of nitrogens with zero attached hydrogens (tertiary/aromatic N) is 1. The molecule has 108 valence electrons. The fourth-order valence-corrected chi connectivity index (χ4v) is 3.80. The minimum atomic E-state index is -3.57. The molecule has 6 heteroatoms. The molecule has 1 aliphatic rings. The van der Waals surface area contributed by atoms with Gasteiger partial charge in [-0.3, -0.25) is 0 Å². The molecular weight excluding hydrogens is 276 g/mol. The van der Waals surface area contributed by atoms with Crippen LogP contribution in [0.2, 0.25) is 0 Å². The van der Waals surface area contributed by atoms with Crippen LogP contribution in [0.1, 0.15) is 36.8 Å². The van der Waals surface area contributed by atoms with Gasteiger partial charge in [-0.05, 0) is 56.4 Å². The van der Waals surface area contributed by atoms with E-state index in [2.05, 4.69) is 4.72 Å². The van der Waals surface area contributed by atoms with Crippen molar-refractivity contribution in [1.29, 1.82) is 5.26 Å². The molecule has 0 heterocycles. The van der Waals surface area contributed by atoms with Crippen LogP contribution in [0.15, 0.2) is 23.1 Å². The largest absolute Gasteiger partial charge is 0.393 e. The Morgan fingerprint density at radius 3 is 2.50 bits per heavy atom. The Labute approximate surface area is 119 Å². The van der Waals surface area contributed by atoms with Crippen molar-refractivity contribution in [2.45, 2.75) is 49.6 Å². The molecule has 0 aliphatic heterocycles. The van der Waals surface area contributed by atoms with Crippen LogP contribution in [-0.4, -0.2) is 25.7 Å². The molecule has 1 fully saturated rings. The van der Waals surface area contributed by atoms with Gasteiger partial charge in [-0.2, -0.15) is 5.26 Å². The number of rotatable bonds is 3. The average Bonchev–Trinajstić information content (AvgIpc) is 2.41. The van der Waals surface area contributed by atoms with Gasteiger partial charge in [0.05, 0.1) is 22.6 Å². The predicted molar refractivity (Wildman–Crippen MR) is 74.5 cm³/mol. The van der Waals surface area contributed by atoms with E-state index in [0.29, 0.717) is 36.8 Å². The second-order valence-electron chi connectivity index (χ2n) is 5.22. The minimum Gasteiger partial charge on any atom is -0.393 e. The molecule has 1 aromatic rings. The van der Waals surface area contributed by atoms with Gasteiger partial charge in [0, 0.05) is 6.04 Å². The summed E-state index contributed by atoms with van der Waals surface area (Å²) in [4.78, 5) is 0.181. The highest BCUT2D eigenvalue weighted by Gasteiger charge is 2.25. The van der Waals surface area contributed by atoms with Gasteiger partial charge in [0.25, 0.3) is 0 Å². The summed E-state index contributed by atoms with van der Waals surface area (Å²) in [7, 11) is -3.57. The minimum absolute atomic E-state index is 0.126. The quantitative estimate of drug-likeness (QED) is 0.882. The molecule has 0 unspecified atom stereocenters. The number of benzene rings is 1. The lowest BCUT2D eigenvalue weighted by Crippen LogP contribution is -2.38. The summed E-state index contributed by atoms with van der Waals surface area (Å²) in [5.41, 5.74) is 1.12. The highest BCUT2D eigenvalue weighted by atomic mass is 32.2. The van der Waals surface area contributed by atoms with Crippen molar-refractivity contribution >= 4 is 10.0 Å². The zero-order valence-electron chi connectivity index (χ0n) is 11.3. The van der Waals surface area contributed by atoms with Gasteiger partial charge >= 0.3 is 0 Å². The normalized spacial score (nSPS) is 23.2. The second kappa shape index (κ2) is 5.92. The number of nitriles is 1. The maximum Gasteiger partial charge on any atom is 0.240 e. The zero-order chi connectivity index (χ0) is 14.8. The number of hydrogen-bond donors (Lipinski definition) is 2. The van der Waals surface area contributed by atoms with Crippen LogP contribution in [0.5, 0.6) is 0 Å². The van der Waals surface area contributed by atoms with Gasteiger partial charge < -0.3 is 5.11 Å². The highest BCUT2D eigenvalue weighted by molar-refractivity contribution is 7.89. The Morgan fingerprint density at radius 2 is 1.95 bits per heavy atom. The maximum absolute atomic E-state index is 12.3. The van der Waals surface area contributed by atoms with Gasteiger partial charge in [-0.25, -0.2) is 13.1 Å². The number of aliphatic hydroxyl groups is 1. The van der Waals surface area contributed by atoms with E-state index in [9.17, 15) is 13.5 Å². The third-order valence-corrected chi connectivity index (χ3v) is 5.17. The predicted octanol–water partition coefficient (Wildman–Crippen LogP) is 1.45. The topological polar surface area (TPSA) is 90.2 Å². The monoisotopic (exact) mass is 294 g/mol. The SMILES string of the molecule is Cc1cc(S(=O)(=O)NC2CCC(O)CC2)ccc1C#N. The summed E-state index contributed by atoms with van der Waals surface area (Å²) in [6.45, 7) is 1.72. The van der Waals surface area contributed by atoms with Gasteiger partial charge in [0.15, 0.2) is 0 Å². The van der Waals surface area contributed by atoms with Crippen LogP contribution in [-0.2, 0) is 10.0 Å². The van der Waals surface area contributed by atoms with Gasteiger partial charge in [-0.15, -0.1) is 0 Å². The van der Waals surface area contributed by atoms with Crippen LogP contribution in [0.25, 0.3) is 0 Å². The number of nitrogens with one attached hydrogen (secondary N) is 1. The Morgan fingerprint density at radius 1 is 1.30 bits per heavy atom. The fraction of sp³-hybridized carbons (Fsp3) is 0.500. The number of aliphatic hydroxyl groups excluding tert-OH is 1. The molecule has 2 N–H and O–H groups in total. The highest BCUT2D eigenvalue weighted by Crippen LogP contribution is 2.21. The van der Waals surface area contributed by atoms with Crippen LogP contribution < -0.4 is 4.72 Å². The molecular formula is C14H18N2O3S. The summed E-state index contributed by atoms with van der Waals surface area (Å²) >= 11 is 0. The number of sulfonamides is 1. The number of aryl methyl sites for hydroxylation is 1. The molecule has 0 amide bonds. The van der Waals surface area contributed by atoms with Crippen LogP contribution >= 0.6 is 0 Å². The standard InChI is InChI=1S/C14H18N2O3S/c1-10-8-14(7-2-11(10)9-15)20(18,19)16-12-3-5-13(17)6-4-12/h2,7-8,12-13,16-17H,3-6H2,1H3. The van der Waals surface area contributed by atoms with Crippen molar-refractivity contribution in [3.05, 3.63) is 29.3 Å². The molecule has 20 heavy (non-hydrogen) atoms. The van der Waals surface area contributed by atoms with Gasteiger partial charge in [0.2, 0.25) is 10.0 Å². The first kappa shape index (κ1) is 15.0. The molecule has 0 atom stereocenters. The molecule has 1 aliphatic carbocycles. The van der Waals surface area contributed by atoms with Crippen LogP contribution in [0, 0.1) is 18.3 Å². The summed E-state index contributed by atoms with van der Waals surface area (Å²) in [6, 6.07) is 6.38. The fourth-order valence-electron chi connectivity index (χ4n) is 2.41. The molecule has 2 rings (SSSR count). The summed E-state index contributed by atoms with van der Waals surface area (Å²) in [5.74, 6) is 0. The van der Waals surface area contributed by atoms with Crippen molar-refractivity contribution < 1.29 is 13.5 Å². The lowest BCUT2D eigenvalue weighted by Gasteiger charge is -2.26. The third-order valence-electron chi connectivity index (χ3n) is 3.65. The molecule has 1 aromatic carbocycles. The molecule has 5 nitrogen and oxygen atoms in total. The van der Waals surface area contributed by atoms with Crippen LogP contribution in [0.3, 0.4) is 0 Å². The zero-order valence-corrected chi connectivity index (χ0v) is 12.2. The molecule has 0 spiro atoms. The van der Waals surface area contributed by atoms with Gasteiger partial charge in [-0.1, -0.05) is 0 Å². The summed E-state index contributed by atoms with van der Waals surface area (Å²) in [5, 5.41) is 18.3. The van der Waals surface area contributed by atoms with Crippen LogP contribution in [0.4, 0.5) is 0 Å². The lowest BCUT2D eigenvalue weighted by atomic mass is 9.94. The molecule has 0 radical (unpaired) electrons. The molecule has 0 saturated heterocycles. The van der Waals surface area contributed by atoms with E-state index in [4.69, 9.17) is 5.26 Å². The van der Waals surface area contributed by atoms with E-state index in [1.54, 1.807) is 6.92 Å². The van der Waals surface area contributed by atoms with E-state index in [1.165, 1.54) is 18.2 Å². The molecule has 1 saturated carbocycles. The molecule has 0 aromatic heterocycles. The lowest BCUT2D eigenvalue weighted by molar-refractivity contribution is 0.120. The first-order valence-corrected chi connectivity index (χ1v) is 8.12. The average molecular weight is 294 g/mol. The second-order valence-corrected chi connectivity index (χ2v) is 6.93. The van der Waals surface area contributed by atoms with Crippen molar-refractivity contribution in [3.8, 4) is 6.07 Å². The Balaban J connectivity index is 2.14. The van der Waals surface area contributed by atoms with Gasteiger partial charge in [0.1, 0.15) is 0 Å². The smallest absolute Gasteiger partial charge is 0.240 e. The van der Waals surface area contributed by atoms with Crippen molar-refractivity contribution in [2.75, 3.05) is 0 Å². The maximum atomic E-state index is 12.3. The first-order chi connectivity index (χ1) is 9.42. The summed E-state index contributed by atoms with van der Waals surface area (Å²) in [6.07, 6.45) is 2.23. The van der Waals surface area contributed by atoms with Crippen molar-refractivity contribution in [3.63, 3.8) is 0 Å². The Bertz CT molecular complexity index is 626. The Kier molecular flexibility index (Phi) is 4.43. The van der Waals surface area contributed by atoms with E-state index >= 15 is 0 Å². The molecule has 0 bridgehead atoms. The van der Waals surface area contributed by atoms with E-state index < -0.39 is 10.0 Å². The van der Waals surface area contributed by atoms with E-state index in [1.807, 2.05) is 6.07 Å². The van der Waals surface area contributed by atoms with E-state index in [0.717, 1.165) is 0 Å². The number of hydrogen-bond acceptors (Lipinski definition) is 4. The third kappa shape index (κ3) is 3.37. The summed E-state index contributed by atoms with van der Waals surface area (Å²) < 4.78 is 27.2.